The Morgan fingerprint density at radius 3 is 2.46 bits per heavy atom. The lowest BCUT2D eigenvalue weighted by atomic mass is 9.95. The quantitative estimate of drug-likeness (QED) is 0.822. The molecule has 0 aromatic carbocycles. The predicted octanol–water partition coefficient (Wildman–Crippen LogP) is 1.91. The van der Waals surface area contributed by atoms with Crippen molar-refractivity contribution in [3.05, 3.63) is 22.4 Å². The van der Waals surface area contributed by atoms with Crippen molar-refractivity contribution in [2.24, 2.45) is 11.8 Å². The molecule has 0 saturated carbocycles. The molecule has 0 spiro atoms. The van der Waals surface area contributed by atoms with Crippen LogP contribution in [0.1, 0.15) is 36.4 Å². The van der Waals surface area contributed by atoms with Gasteiger partial charge in [-0.05, 0) is 30.2 Å². The standard InChI is InChI=1S/C17H24N2O4S/c1-11(2)14(18-15(20)13-5-4-10-24-13)16(21)19-8-6-12(7-9-19)17(22)23-3/h4-5,10-12,14H,6-9H2,1-3H3,(H,18,20). The smallest absolute Gasteiger partial charge is 0.308 e. The van der Waals surface area contributed by atoms with Gasteiger partial charge in [-0.25, -0.2) is 0 Å². The Balaban J connectivity index is 1.97. The third-order valence-corrected chi connectivity index (χ3v) is 5.17. The number of rotatable bonds is 5. The van der Waals surface area contributed by atoms with E-state index in [1.54, 1.807) is 11.0 Å². The van der Waals surface area contributed by atoms with Crippen LogP contribution in [0.5, 0.6) is 0 Å². The normalized spacial score (nSPS) is 16.8. The third kappa shape index (κ3) is 4.35. The molecule has 2 amide bonds. The number of likely N-dealkylation sites (tertiary alicyclic amines) is 1. The zero-order valence-electron chi connectivity index (χ0n) is 14.3. The van der Waals surface area contributed by atoms with Crippen molar-refractivity contribution in [3.63, 3.8) is 0 Å². The van der Waals surface area contributed by atoms with Crippen molar-refractivity contribution in [2.75, 3.05) is 20.2 Å². The minimum absolute atomic E-state index is 0.0141. The van der Waals surface area contributed by atoms with E-state index in [2.05, 4.69) is 5.32 Å². The summed E-state index contributed by atoms with van der Waals surface area (Å²) in [5, 5.41) is 4.68. The van der Waals surface area contributed by atoms with Gasteiger partial charge in [-0.15, -0.1) is 11.3 Å². The van der Waals surface area contributed by atoms with Crippen LogP contribution in [0.3, 0.4) is 0 Å². The summed E-state index contributed by atoms with van der Waals surface area (Å²) in [5.41, 5.74) is 0. The molecule has 6 nitrogen and oxygen atoms in total. The van der Waals surface area contributed by atoms with Crippen LogP contribution in [0.15, 0.2) is 17.5 Å². The number of carbonyl (C=O) groups is 3. The van der Waals surface area contributed by atoms with Crippen LogP contribution >= 0.6 is 11.3 Å². The van der Waals surface area contributed by atoms with Gasteiger partial charge in [-0.1, -0.05) is 19.9 Å². The summed E-state index contributed by atoms with van der Waals surface area (Å²) in [6, 6.07) is 2.99. The molecule has 1 saturated heterocycles. The lowest BCUT2D eigenvalue weighted by Crippen LogP contribution is -2.53. The highest BCUT2D eigenvalue weighted by molar-refractivity contribution is 7.12. The van der Waals surface area contributed by atoms with Gasteiger partial charge in [0.25, 0.3) is 5.91 Å². The van der Waals surface area contributed by atoms with Crippen molar-refractivity contribution >= 4 is 29.1 Å². The number of methoxy groups -OCH3 is 1. The van der Waals surface area contributed by atoms with Crippen molar-refractivity contribution in [1.29, 1.82) is 0 Å². The van der Waals surface area contributed by atoms with E-state index in [0.29, 0.717) is 30.8 Å². The molecule has 0 aliphatic carbocycles. The van der Waals surface area contributed by atoms with Crippen molar-refractivity contribution in [1.82, 2.24) is 10.2 Å². The van der Waals surface area contributed by atoms with Gasteiger partial charge in [0.1, 0.15) is 6.04 Å². The lowest BCUT2D eigenvalue weighted by Gasteiger charge is -2.34. The Morgan fingerprint density at radius 2 is 1.96 bits per heavy atom. The largest absolute Gasteiger partial charge is 0.469 e. The molecule has 2 rings (SSSR count). The molecule has 1 aliphatic rings. The van der Waals surface area contributed by atoms with Gasteiger partial charge in [0.15, 0.2) is 0 Å². The van der Waals surface area contributed by atoms with Gasteiger partial charge in [-0.3, -0.25) is 14.4 Å². The van der Waals surface area contributed by atoms with Crippen molar-refractivity contribution < 1.29 is 19.1 Å². The molecule has 7 heteroatoms. The number of carbonyl (C=O) groups excluding carboxylic acids is 3. The van der Waals surface area contributed by atoms with Gasteiger partial charge in [0.05, 0.1) is 17.9 Å². The van der Waals surface area contributed by atoms with E-state index < -0.39 is 6.04 Å². The molecule has 1 aliphatic heterocycles. The summed E-state index contributed by atoms with van der Waals surface area (Å²) in [6.45, 7) is 4.85. The SMILES string of the molecule is COC(=O)C1CCN(C(=O)C(NC(=O)c2cccs2)C(C)C)CC1. The Morgan fingerprint density at radius 1 is 1.29 bits per heavy atom. The molecule has 1 fully saturated rings. The molecule has 24 heavy (non-hydrogen) atoms. The molecule has 1 atom stereocenters. The van der Waals surface area contributed by atoms with Crippen LogP contribution in [0.4, 0.5) is 0 Å². The number of hydrogen-bond donors (Lipinski definition) is 1. The molecule has 0 bridgehead atoms. The fraction of sp³-hybridized carbons (Fsp3) is 0.588. The van der Waals surface area contributed by atoms with Gasteiger partial charge in [0, 0.05) is 13.1 Å². The average molecular weight is 352 g/mol. The maximum Gasteiger partial charge on any atom is 0.308 e. The first kappa shape index (κ1) is 18.4. The van der Waals surface area contributed by atoms with Crippen LogP contribution in [0.2, 0.25) is 0 Å². The summed E-state index contributed by atoms with van der Waals surface area (Å²) in [4.78, 5) is 39.0. The summed E-state index contributed by atoms with van der Waals surface area (Å²) in [6.07, 6.45) is 1.20. The maximum absolute atomic E-state index is 12.8. The fourth-order valence-electron chi connectivity index (χ4n) is 2.83. The second kappa shape index (κ2) is 8.28. The number of hydrogen-bond acceptors (Lipinski definition) is 5. The number of ether oxygens (including phenoxy) is 1. The van der Waals surface area contributed by atoms with Gasteiger partial charge >= 0.3 is 5.97 Å². The molecule has 1 N–H and O–H groups in total. The zero-order valence-corrected chi connectivity index (χ0v) is 15.1. The number of piperidine rings is 1. The molecule has 0 radical (unpaired) electrons. The van der Waals surface area contributed by atoms with Crippen LogP contribution in [0.25, 0.3) is 0 Å². The topological polar surface area (TPSA) is 75.7 Å². The van der Waals surface area contributed by atoms with E-state index in [9.17, 15) is 14.4 Å². The third-order valence-electron chi connectivity index (χ3n) is 4.31. The first-order chi connectivity index (χ1) is 11.4. The highest BCUT2D eigenvalue weighted by atomic mass is 32.1. The number of esters is 1. The van der Waals surface area contributed by atoms with Crippen LogP contribution < -0.4 is 5.32 Å². The Bertz CT molecular complexity index is 577. The van der Waals surface area contributed by atoms with Crippen LogP contribution in [-0.2, 0) is 14.3 Å². The Kier molecular flexibility index (Phi) is 6.36. The molecular weight excluding hydrogens is 328 g/mol. The second-order valence-electron chi connectivity index (χ2n) is 6.30. The zero-order chi connectivity index (χ0) is 17.7. The minimum Gasteiger partial charge on any atom is -0.469 e. The highest BCUT2D eigenvalue weighted by Gasteiger charge is 2.33. The molecule has 2 heterocycles. The number of thiophene rings is 1. The van der Waals surface area contributed by atoms with E-state index in [0.717, 1.165) is 0 Å². The second-order valence-corrected chi connectivity index (χ2v) is 7.24. The molecular formula is C17H24N2O4S. The molecule has 1 aromatic heterocycles. The Labute approximate surface area is 146 Å². The molecule has 1 aromatic rings. The summed E-state index contributed by atoms with van der Waals surface area (Å²) in [7, 11) is 1.38. The van der Waals surface area contributed by atoms with Gasteiger partial charge < -0.3 is 15.0 Å². The number of nitrogens with zero attached hydrogens (tertiary/aromatic N) is 1. The average Bonchev–Trinajstić information content (AvgIpc) is 3.12. The van der Waals surface area contributed by atoms with E-state index >= 15 is 0 Å². The lowest BCUT2D eigenvalue weighted by molar-refractivity contribution is -0.149. The van der Waals surface area contributed by atoms with E-state index in [4.69, 9.17) is 4.74 Å². The van der Waals surface area contributed by atoms with E-state index in [1.165, 1.54) is 18.4 Å². The first-order valence-corrected chi connectivity index (χ1v) is 9.03. The summed E-state index contributed by atoms with van der Waals surface area (Å²) < 4.78 is 4.77. The highest BCUT2D eigenvalue weighted by Crippen LogP contribution is 2.20. The Hall–Kier alpha value is -1.89. The first-order valence-electron chi connectivity index (χ1n) is 8.15. The van der Waals surface area contributed by atoms with Gasteiger partial charge in [-0.2, -0.15) is 0 Å². The maximum atomic E-state index is 12.8. The summed E-state index contributed by atoms with van der Waals surface area (Å²) >= 11 is 1.35. The van der Waals surface area contributed by atoms with E-state index in [-0.39, 0.29) is 29.6 Å². The van der Waals surface area contributed by atoms with Crippen LogP contribution in [0, 0.1) is 11.8 Å². The summed E-state index contributed by atoms with van der Waals surface area (Å²) in [5.74, 6) is -0.676. The van der Waals surface area contributed by atoms with Crippen molar-refractivity contribution in [2.45, 2.75) is 32.7 Å². The minimum atomic E-state index is -0.561. The fourth-order valence-corrected chi connectivity index (χ4v) is 3.46. The van der Waals surface area contributed by atoms with Crippen LogP contribution in [-0.4, -0.2) is 48.9 Å². The van der Waals surface area contributed by atoms with E-state index in [1.807, 2.05) is 25.3 Å². The van der Waals surface area contributed by atoms with Crippen molar-refractivity contribution in [3.8, 4) is 0 Å². The monoisotopic (exact) mass is 352 g/mol. The predicted molar refractivity (Wildman–Crippen MR) is 91.7 cm³/mol. The molecule has 132 valence electrons. The number of amides is 2. The number of nitrogens with one attached hydrogen (secondary N) is 1. The molecule has 1 unspecified atom stereocenters. The van der Waals surface area contributed by atoms with Gasteiger partial charge in [0.2, 0.25) is 5.91 Å².